The fourth-order valence-electron chi connectivity index (χ4n) is 2.50. The van der Waals surface area contributed by atoms with Crippen molar-refractivity contribution in [2.45, 2.75) is 13.5 Å². The maximum atomic E-state index is 13.0. The molecular formula is C20H19FN4O. The molecule has 0 atom stereocenters. The second kappa shape index (κ2) is 7.74. The van der Waals surface area contributed by atoms with Gasteiger partial charge in [-0.3, -0.25) is 4.79 Å². The third kappa shape index (κ3) is 4.42. The van der Waals surface area contributed by atoms with Crippen LogP contribution in [0.2, 0.25) is 0 Å². The number of benzene rings is 2. The van der Waals surface area contributed by atoms with Crippen LogP contribution >= 0.6 is 0 Å². The molecule has 0 spiro atoms. The fraction of sp³-hybridized carbons (Fsp3) is 0.150. The molecule has 132 valence electrons. The van der Waals surface area contributed by atoms with Crippen LogP contribution in [0.5, 0.6) is 0 Å². The van der Waals surface area contributed by atoms with Crippen LogP contribution in [-0.2, 0) is 6.54 Å². The van der Waals surface area contributed by atoms with E-state index < -0.39 is 0 Å². The molecule has 6 heteroatoms. The first-order valence-electron chi connectivity index (χ1n) is 8.19. The van der Waals surface area contributed by atoms with Crippen molar-refractivity contribution in [3.63, 3.8) is 0 Å². The quantitative estimate of drug-likeness (QED) is 0.760. The van der Waals surface area contributed by atoms with E-state index in [1.54, 1.807) is 6.07 Å². The van der Waals surface area contributed by atoms with E-state index in [9.17, 15) is 9.18 Å². The van der Waals surface area contributed by atoms with Gasteiger partial charge in [0.2, 0.25) is 5.95 Å². The molecule has 3 aromatic rings. The van der Waals surface area contributed by atoms with Crippen LogP contribution in [0.4, 0.5) is 16.0 Å². The van der Waals surface area contributed by atoms with Gasteiger partial charge >= 0.3 is 0 Å². The predicted molar refractivity (Wildman–Crippen MR) is 99.7 cm³/mol. The Hall–Kier alpha value is -3.28. The third-order valence-electron chi connectivity index (χ3n) is 3.78. The van der Waals surface area contributed by atoms with Gasteiger partial charge in [-0.25, -0.2) is 14.4 Å². The Morgan fingerprint density at radius 2 is 1.77 bits per heavy atom. The number of hydrogen-bond donors (Lipinski definition) is 1. The van der Waals surface area contributed by atoms with Gasteiger partial charge in [0.15, 0.2) is 0 Å². The molecule has 2 aromatic carbocycles. The Bertz CT molecular complexity index is 897. The molecule has 1 N–H and O–H groups in total. The SMILES string of the molecule is Cc1cc(C(=O)Nc2ccc(F)cc2)nc(N(C)Cc2ccccc2)n1. The van der Waals surface area contributed by atoms with Crippen molar-refractivity contribution in [3.05, 3.63) is 83.4 Å². The van der Waals surface area contributed by atoms with Gasteiger partial charge in [-0.2, -0.15) is 0 Å². The first-order chi connectivity index (χ1) is 12.5. The number of rotatable bonds is 5. The second-order valence-electron chi connectivity index (χ2n) is 6.00. The lowest BCUT2D eigenvalue weighted by molar-refractivity contribution is 0.102. The van der Waals surface area contributed by atoms with Crippen LogP contribution in [0.25, 0.3) is 0 Å². The summed E-state index contributed by atoms with van der Waals surface area (Å²) in [6.45, 7) is 2.44. The monoisotopic (exact) mass is 350 g/mol. The first kappa shape index (κ1) is 17.5. The third-order valence-corrected chi connectivity index (χ3v) is 3.78. The minimum atomic E-state index is -0.364. The largest absolute Gasteiger partial charge is 0.340 e. The first-order valence-corrected chi connectivity index (χ1v) is 8.19. The number of amides is 1. The number of anilines is 2. The zero-order chi connectivity index (χ0) is 18.5. The average Bonchev–Trinajstić information content (AvgIpc) is 2.64. The molecule has 0 saturated heterocycles. The van der Waals surface area contributed by atoms with Crippen LogP contribution in [0.3, 0.4) is 0 Å². The van der Waals surface area contributed by atoms with Gasteiger partial charge in [-0.05, 0) is 42.8 Å². The van der Waals surface area contributed by atoms with Crippen LogP contribution in [0, 0.1) is 12.7 Å². The summed E-state index contributed by atoms with van der Waals surface area (Å²) in [6.07, 6.45) is 0. The number of aryl methyl sites for hydroxylation is 1. The minimum Gasteiger partial charge on any atom is -0.340 e. The van der Waals surface area contributed by atoms with Crippen molar-refractivity contribution in [3.8, 4) is 0 Å². The van der Waals surface area contributed by atoms with Crippen LogP contribution in [0.1, 0.15) is 21.7 Å². The smallest absolute Gasteiger partial charge is 0.274 e. The summed E-state index contributed by atoms with van der Waals surface area (Å²) in [4.78, 5) is 23.1. The summed E-state index contributed by atoms with van der Waals surface area (Å²) in [5.74, 6) is -0.250. The molecule has 0 fully saturated rings. The molecule has 0 unspecified atom stereocenters. The highest BCUT2D eigenvalue weighted by molar-refractivity contribution is 6.03. The lowest BCUT2D eigenvalue weighted by atomic mass is 10.2. The maximum absolute atomic E-state index is 13.0. The van der Waals surface area contributed by atoms with Crippen LogP contribution in [0.15, 0.2) is 60.7 Å². The van der Waals surface area contributed by atoms with Gasteiger partial charge in [-0.1, -0.05) is 30.3 Å². The molecule has 0 saturated carbocycles. The topological polar surface area (TPSA) is 58.1 Å². The summed E-state index contributed by atoms with van der Waals surface area (Å²) >= 11 is 0. The lowest BCUT2D eigenvalue weighted by Gasteiger charge is -2.18. The molecule has 0 radical (unpaired) electrons. The molecular weight excluding hydrogens is 331 g/mol. The lowest BCUT2D eigenvalue weighted by Crippen LogP contribution is -2.22. The summed E-state index contributed by atoms with van der Waals surface area (Å²) in [5.41, 5.74) is 2.58. The van der Waals surface area contributed by atoms with E-state index in [2.05, 4.69) is 15.3 Å². The van der Waals surface area contributed by atoms with Gasteiger partial charge in [0.1, 0.15) is 11.5 Å². The van der Waals surface area contributed by atoms with E-state index >= 15 is 0 Å². The molecule has 0 aliphatic heterocycles. The van der Waals surface area contributed by atoms with E-state index in [0.29, 0.717) is 23.9 Å². The van der Waals surface area contributed by atoms with Gasteiger partial charge in [-0.15, -0.1) is 0 Å². The number of nitrogens with zero attached hydrogens (tertiary/aromatic N) is 3. The van der Waals surface area contributed by atoms with Gasteiger partial charge in [0, 0.05) is 25.0 Å². The highest BCUT2D eigenvalue weighted by Crippen LogP contribution is 2.14. The van der Waals surface area contributed by atoms with E-state index in [1.165, 1.54) is 24.3 Å². The zero-order valence-electron chi connectivity index (χ0n) is 14.6. The van der Waals surface area contributed by atoms with Crippen LogP contribution < -0.4 is 10.2 Å². The van der Waals surface area contributed by atoms with Crippen molar-refractivity contribution in [2.24, 2.45) is 0 Å². The van der Waals surface area contributed by atoms with Crippen molar-refractivity contribution in [1.82, 2.24) is 9.97 Å². The number of hydrogen-bond acceptors (Lipinski definition) is 4. The number of aromatic nitrogens is 2. The van der Waals surface area contributed by atoms with Crippen LogP contribution in [-0.4, -0.2) is 22.9 Å². The fourth-order valence-corrected chi connectivity index (χ4v) is 2.50. The number of carbonyl (C=O) groups excluding carboxylic acids is 1. The maximum Gasteiger partial charge on any atom is 0.274 e. The standard InChI is InChI=1S/C20H19FN4O/c1-14-12-18(19(26)23-17-10-8-16(21)9-11-17)24-20(22-14)25(2)13-15-6-4-3-5-7-15/h3-12H,13H2,1-2H3,(H,23,26). The number of halogens is 1. The molecule has 0 aliphatic carbocycles. The molecule has 1 heterocycles. The van der Waals surface area contributed by atoms with Crippen molar-refractivity contribution in [1.29, 1.82) is 0 Å². The van der Waals surface area contributed by atoms with Crippen molar-refractivity contribution >= 4 is 17.5 Å². The number of nitrogens with one attached hydrogen (secondary N) is 1. The molecule has 5 nitrogen and oxygen atoms in total. The Morgan fingerprint density at radius 1 is 1.08 bits per heavy atom. The molecule has 3 rings (SSSR count). The van der Waals surface area contributed by atoms with E-state index in [1.807, 2.05) is 49.2 Å². The summed E-state index contributed by atoms with van der Waals surface area (Å²) in [6, 6.07) is 17.2. The highest BCUT2D eigenvalue weighted by Gasteiger charge is 2.13. The highest BCUT2D eigenvalue weighted by atomic mass is 19.1. The molecule has 0 bridgehead atoms. The predicted octanol–water partition coefficient (Wildman–Crippen LogP) is 3.81. The zero-order valence-corrected chi connectivity index (χ0v) is 14.6. The van der Waals surface area contributed by atoms with Gasteiger partial charge in [0.05, 0.1) is 0 Å². The average molecular weight is 350 g/mol. The molecule has 1 amide bonds. The molecule has 0 aliphatic rings. The Kier molecular flexibility index (Phi) is 5.22. The normalized spacial score (nSPS) is 10.4. The summed E-state index contributed by atoms with van der Waals surface area (Å²) in [7, 11) is 1.88. The minimum absolute atomic E-state index is 0.261. The van der Waals surface area contributed by atoms with Crippen molar-refractivity contribution < 1.29 is 9.18 Å². The Morgan fingerprint density at radius 3 is 2.46 bits per heavy atom. The molecule has 26 heavy (non-hydrogen) atoms. The molecule has 1 aromatic heterocycles. The Balaban J connectivity index is 1.78. The van der Waals surface area contributed by atoms with E-state index in [0.717, 1.165) is 5.56 Å². The van der Waals surface area contributed by atoms with Gasteiger partial charge in [0.25, 0.3) is 5.91 Å². The van der Waals surface area contributed by atoms with Crippen molar-refractivity contribution in [2.75, 3.05) is 17.3 Å². The summed E-state index contributed by atoms with van der Waals surface area (Å²) < 4.78 is 13.0. The second-order valence-corrected chi connectivity index (χ2v) is 6.00. The van der Waals surface area contributed by atoms with E-state index in [4.69, 9.17) is 0 Å². The Labute approximate surface area is 151 Å². The van der Waals surface area contributed by atoms with E-state index in [-0.39, 0.29) is 17.4 Å². The summed E-state index contributed by atoms with van der Waals surface area (Å²) in [5, 5.41) is 2.71. The van der Waals surface area contributed by atoms with Gasteiger partial charge < -0.3 is 10.2 Å². The number of carbonyl (C=O) groups is 1.